The van der Waals surface area contributed by atoms with Gasteiger partial charge in [-0.05, 0) is 42.8 Å². The second-order valence-corrected chi connectivity index (χ2v) is 6.69. The molecule has 1 heterocycles. The third-order valence-electron chi connectivity index (χ3n) is 4.44. The molecule has 0 saturated carbocycles. The number of carbonyl (C=O) groups is 2. The Balaban J connectivity index is 1.88. The minimum absolute atomic E-state index is 0.288. The van der Waals surface area contributed by atoms with Gasteiger partial charge >= 0.3 is 11.9 Å². The molecule has 6 nitrogen and oxygen atoms in total. The average molecular weight is 419 g/mol. The number of hydrogen-bond donors (Lipinski definition) is 0. The van der Waals surface area contributed by atoms with Crippen LogP contribution in [-0.4, -0.2) is 23.5 Å². The molecular formula is C25H25NO5. The lowest BCUT2D eigenvalue weighted by Crippen LogP contribution is -2.07. The average Bonchev–Trinajstić information content (AvgIpc) is 2.79. The van der Waals surface area contributed by atoms with E-state index in [0.29, 0.717) is 41.5 Å². The van der Waals surface area contributed by atoms with Gasteiger partial charge in [-0.2, -0.15) is 0 Å². The molecule has 0 spiro atoms. The van der Waals surface area contributed by atoms with Crippen molar-refractivity contribution in [2.75, 3.05) is 6.61 Å². The minimum atomic E-state index is -0.316. The molecule has 0 aliphatic heterocycles. The van der Waals surface area contributed by atoms with Crippen LogP contribution >= 0.6 is 0 Å². The van der Waals surface area contributed by atoms with Crippen LogP contribution in [0.5, 0.6) is 17.2 Å². The largest absolute Gasteiger partial charge is 0.490 e. The molecule has 0 saturated heterocycles. The molecule has 160 valence electrons. The normalized spacial score (nSPS) is 10.9. The number of hydrogen-bond acceptors (Lipinski definition) is 6. The number of fused-ring (bicyclic) bond motifs is 1. The second-order valence-electron chi connectivity index (χ2n) is 6.69. The van der Waals surface area contributed by atoms with Crippen LogP contribution in [0.1, 0.15) is 44.9 Å². The van der Waals surface area contributed by atoms with Crippen LogP contribution in [0.3, 0.4) is 0 Å². The van der Waals surface area contributed by atoms with E-state index in [2.05, 4.69) is 4.98 Å². The number of ether oxygens (including phenoxy) is 3. The zero-order chi connectivity index (χ0) is 22.2. The third-order valence-corrected chi connectivity index (χ3v) is 4.44. The molecule has 0 fully saturated rings. The van der Waals surface area contributed by atoms with Crippen molar-refractivity contribution in [2.45, 2.75) is 33.6 Å². The van der Waals surface area contributed by atoms with Crippen molar-refractivity contribution in [2.24, 2.45) is 0 Å². The lowest BCUT2D eigenvalue weighted by Gasteiger charge is -2.11. The number of rotatable bonds is 8. The fourth-order valence-corrected chi connectivity index (χ4v) is 2.86. The first-order chi connectivity index (χ1) is 15.0. The van der Waals surface area contributed by atoms with Crippen LogP contribution in [-0.2, 0) is 9.59 Å². The first kappa shape index (κ1) is 22.0. The van der Waals surface area contributed by atoms with E-state index in [-0.39, 0.29) is 18.4 Å². The van der Waals surface area contributed by atoms with E-state index < -0.39 is 0 Å². The van der Waals surface area contributed by atoms with Crippen molar-refractivity contribution < 1.29 is 23.8 Å². The molecule has 31 heavy (non-hydrogen) atoms. The Morgan fingerprint density at radius 2 is 1.58 bits per heavy atom. The smallest absolute Gasteiger partial charge is 0.311 e. The summed E-state index contributed by atoms with van der Waals surface area (Å²) in [5.74, 6) is 0.732. The van der Waals surface area contributed by atoms with Crippen molar-refractivity contribution in [1.82, 2.24) is 4.98 Å². The molecule has 0 amide bonds. The molecule has 0 N–H and O–H groups in total. The van der Waals surface area contributed by atoms with Gasteiger partial charge in [-0.15, -0.1) is 0 Å². The molecule has 1 aromatic heterocycles. The SMILES string of the molecule is CCOc1cc(C=Cc2ccc3cccc(OC(=O)CC)c3n2)ccc1OC(=O)CC. The fraction of sp³-hybridized carbons (Fsp3) is 0.240. The number of para-hydroxylation sites is 1. The number of esters is 2. The summed E-state index contributed by atoms with van der Waals surface area (Å²) >= 11 is 0. The maximum atomic E-state index is 11.7. The summed E-state index contributed by atoms with van der Waals surface area (Å²) in [5, 5.41) is 0.888. The van der Waals surface area contributed by atoms with Gasteiger partial charge in [0.1, 0.15) is 5.52 Å². The lowest BCUT2D eigenvalue weighted by molar-refractivity contribution is -0.134. The van der Waals surface area contributed by atoms with Crippen molar-refractivity contribution in [1.29, 1.82) is 0 Å². The highest BCUT2D eigenvalue weighted by Crippen LogP contribution is 2.30. The van der Waals surface area contributed by atoms with Crippen molar-refractivity contribution in [3.05, 3.63) is 59.8 Å². The molecule has 0 aliphatic rings. The molecule has 0 aliphatic carbocycles. The lowest BCUT2D eigenvalue weighted by atomic mass is 10.1. The van der Waals surface area contributed by atoms with Crippen LogP contribution < -0.4 is 14.2 Å². The van der Waals surface area contributed by atoms with Gasteiger partial charge in [0.25, 0.3) is 0 Å². The first-order valence-electron chi connectivity index (χ1n) is 10.3. The Labute approximate surface area is 181 Å². The Bertz CT molecular complexity index is 1120. The molecule has 6 heteroatoms. The number of carbonyl (C=O) groups excluding carboxylic acids is 2. The van der Waals surface area contributed by atoms with Gasteiger partial charge in [-0.3, -0.25) is 9.59 Å². The summed E-state index contributed by atoms with van der Waals surface area (Å²) in [6.07, 6.45) is 4.33. The third kappa shape index (κ3) is 5.69. The van der Waals surface area contributed by atoms with Crippen LogP contribution in [0.4, 0.5) is 0 Å². The summed E-state index contributed by atoms with van der Waals surface area (Å²) in [4.78, 5) is 28.0. The first-order valence-corrected chi connectivity index (χ1v) is 10.3. The molecule has 0 bridgehead atoms. The number of benzene rings is 2. The topological polar surface area (TPSA) is 74.7 Å². The highest BCUT2D eigenvalue weighted by atomic mass is 16.6. The highest BCUT2D eigenvalue weighted by molar-refractivity contribution is 5.88. The van der Waals surface area contributed by atoms with Crippen LogP contribution in [0.2, 0.25) is 0 Å². The summed E-state index contributed by atoms with van der Waals surface area (Å²) in [6.45, 7) is 5.82. The Morgan fingerprint density at radius 3 is 2.29 bits per heavy atom. The zero-order valence-corrected chi connectivity index (χ0v) is 17.9. The van der Waals surface area contributed by atoms with E-state index >= 15 is 0 Å². The van der Waals surface area contributed by atoms with E-state index in [1.165, 1.54) is 0 Å². The predicted octanol–water partition coefficient (Wildman–Crippen LogP) is 5.43. The number of pyridine rings is 1. The van der Waals surface area contributed by atoms with E-state index in [0.717, 1.165) is 10.9 Å². The van der Waals surface area contributed by atoms with Crippen LogP contribution in [0, 0.1) is 0 Å². The zero-order valence-electron chi connectivity index (χ0n) is 17.9. The Morgan fingerprint density at radius 1 is 0.839 bits per heavy atom. The summed E-state index contributed by atoms with van der Waals surface area (Å²) in [6, 6.07) is 14.7. The molecule has 0 radical (unpaired) electrons. The summed E-state index contributed by atoms with van der Waals surface area (Å²) in [5.41, 5.74) is 2.21. The highest BCUT2D eigenvalue weighted by Gasteiger charge is 2.10. The van der Waals surface area contributed by atoms with E-state index in [9.17, 15) is 9.59 Å². The van der Waals surface area contributed by atoms with E-state index in [1.807, 2.05) is 55.5 Å². The van der Waals surface area contributed by atoms with E-state index in [1.54, 1.807) is 26.0 Å². The standard InChI is InChI=1S/C25H25NO5/c1-4-23(27)30-20-15-11-17(16-22(20)29-6-3)10-13-19-14-12-18-8-7-9-21(25(18)26-19)31-24(28)5-2/h7-16H,4-6H2,1-3H3. The quantitative estimate of drug-likeness (QED) is 0.358. The van der Waals surface area contributed by atoms with Gasteiger partial charge < -0.3 is 14.2 Å². The van der Waals surface area contributed by atoms with Gasteiger partial charge in [-0.25, -0.2) is 4.98 Å². The van der Waals surface area contributed by atoms with Crippen molar-refractivity contribution in [3.8, 4) is 17.2 Å². The maximum absolute atomic E-state index is 11.7. The van der Waals surface area contributed by atoms with Crippen LogP contribution in [0.15, 0.2) is 48.5 Å². The summed E-state index contributed by atoms with van der Waals surface area (Å²) in [7, 11) is 0. The molecule has 0 atom stereocenters. The summed E-state index contributed by atoms with van der Waals surface area (Å²) < 4.78 is 16.4. The predicted molar refractivity (Wildman–Crippen MR) is 120 cm³/mol. The Hall–Kier alpha value is -3.67. The van der Waals surface area contributed by atoms with Gasteiger partial charge in [0.15, 0.2) is 17.2 Å². The van der Waals surface area contributed by atoms with Crippen molar-refractivity contribution >= 4 is 35.0 Å². The van der Waals surface area contributed by atoms with Gasteiger partial charge in [-0.1, -0.05) is 44.2 Å². The van der Waals surface area contributed by atoms with Gasteiger partial charge in [0.05, 0.1) is 12.3 Å². The molecule has 0 unspecified atom stereocenters. The van der Waals surface area contributed by atoms with Crippen LogP contribution in [0.25, 0.3) is 23.1 Å². The van der Waals surface area contributed by atoms with Gasteiger partial charge in [0.2, 0.25) is 0 Å². The van der Waals surface area contributed by atoms with E-state index in [4.69, 9.17) is 14.2 Å². The molecule has 2 aromatic carbocycles. The number of aromatic nitrogens is 1. The molecule has 3 rings (SSSR count). The minimum Gasteiger partial charge on any atom is -0.490 e. The monoisotopic (exact) mass is 419 g/mol. The van der Waals surface area contributed by atoms with Gasteiger partial charge in [0, 0.05) is 18.2 Å². The van der Waals surface area contributed by atoms with Crippen molar-refractivity contribution in [3.63, 3.8) is 0 Å². The number of nitrogens with zero attached hydrogens (tertiary/aromatic N) is 1. The fourth-order valence-electron chi connectivity index (χ4n) is 2.86. The maximum Gasteiger partial charge on any atom is 0.311 e. The second kappa shape index (κ2) is 10.4. The molecular weight excluding hydrogens is 394 g/mol. The molecule has 3 aromatic rings. The Kier molecular flexibility index (Phi) is 7.38.